The number of benzene rings is 1. The molecule has 0 heterocycles. The largest absolute Gasteiger partial charge is 0.493 e. The van der Waals surface area contributed by atoms with Crippen molar-refractivity contribution in [1.82, 2.24) is 0 Å². The van der Waals surface area contributed by atoms with Crippen molar-refractivity contribution in [2.24, 2.45) is 17.1 Å². The van der Waals surface area contributed by atoms with Crippen LogP contribution in [0.25, 0.3) is 0 Å². The number of halogens is 2. The van der Waals surface area contributed by atoms with Gasteiger partial charge in [-0.25, -0.2) is 0 Å². The molecule has 0 bridgehead atoms. The van der Waals surface area contributed by atoms with Crippen LogP contribution in [-0.2, 0) is 4.79 Å². The van der Waals surface area contributed by atoms with Crippen LogP contribution < -0.4 is 15.8 Å². The van der Waals surface area contributed by atoms with E-state index < -0.39 is 0 Å². The van der Waals surface area contributed by atoms with Crippen LogP contribution in [0, 0.1) is 11.3 Å². The number of carbonyl (C=O) groups excluding carboxylic acids is 1. The van der Waals surface area contributed by atoms with Crippen LogP contribution in [0.3, 0.4) is 0 Å². The fraction of sp³-hybridized carbons (Fsp3) is 0.533. The second kappa shape index (κ2) is 7.47. The van der Waals surface area contributed by atoms with Crippen LogP contribution in [0.15, 0.2) is 16.6 Å². The van der Waals surface area contributed by atoms with Crippen LogP contribution in [-0.4, -0.2) is 19.6 Å². The summed E-state index contributed by atoms with van der Waals surface area (Å²) in [5, 5.41) is 3.37. The van der Waals surface area contributed by atoms with Crippen molar-refractivity contribution in [2.75, 3.05) is 19.0 Å². The molecule has 0 spiro atoms. The number of hydrogen-bond acceptors (Lipinski definition) is 3. The summed E-state index contributed by atoms with van der Waals surface area (Å²) in [5.41, 5.74) is 6.30. The normalized spacial score (nSPS) is 12.9. The predicted octanol–water partition coefficient (Wildman–Crippen LogP) is 4.06. The highest BCUT2D eigenvalue weighted by Crippen LogP contribution is 2.36. The van der Waals surface area contributed by atoms with Gasteiger partial charge in [0.25, 0.3) is 0 Å². The Bertz CT molecular complexity index is 515. The standard InChI is InChI=1S/C15H22BrClN2O2/c1-15(2,3)7-9(8-18)14(20)19-12-6-10(17)5-11(16)13(12)21-4/h5-6,9H,7-8,18H2,1-4H3,(H,19,20). The minimum atomic E-state index is -0.257. The van der Waals surface area contributed by atoms with Gasteiger partial charge in [-0.05, 0) is 39.9 Å². The third-order valence-corrected chi connectivity index (χ3v) is 3.79. The summed E-state index contributed by atoms with van der Waals surface area (Å²) in [5.74, 6) is 0.159. The molecular formula is C15H22BrClN2O2. The third kappa shape index (κ3) is 5.49. The van der Waals surface area contributed by atoms with Gasteiger partial charge in [-0.1, -0.05) is 32.4 Å². The van der Waals surface area contributed by atoms with Crippen molar-refractivity contribution < 1.29 is 9.53 Å². The van der Waals surface area contributed by atoms with Gasteiger partial charge < -0.3 is 15.8 Å². The van der Waals surface area contributed by atoms with E-state index in [2.05, 4.69) is 42.0 Å². The molecule has 118 valence electrons. The molecule has 1 unspecified atom stereocenters. The van der Waals surface area contributed by atoms with E-state index in [0.717, 1.165) is 0 Å². The number of anilines is 1. The lowest BCUT2D eigenvalue weighted by Crippen LogP contribution is -2.32. The number of hydrogen-bond donors (Lipinski definition) is 2. The van der Waals surface area contributed by atoms with Crippen molar-refractivity contribution >= 4 is 39.1 Å². The van der Waals surface area contributed by atoms with E-state index in [1.54, 1.807) is 19.2 Å². The molecule has 0 aliphatic carbocycles. The maximum absolute atomic E-state index is 12.4. The molecule has 1 amide bonds. The summed E-state index contributed by atoms with van der Waals surface area (Å²) in [6, 6.07) is 3.37. The summed E-state index contributed by atoms with van der Waals surface area (Å²) in [6.07, 6.45) is 0.708. The summed E-state index contributed by atoms with van der Waals surface area (Å²) >= 11 is 9.39. The first-order chi connectivity index (χ1) is 9.67. The topological polar surface area (TPSA) is 64.3 Å². The van der Waals surface area contributed by atoms with Crippen LogP contribution >= 0.6 is 27.5 Å². The Balaban J connectivity index is 2.96. The Morgan fingerprint density at radius 3 is 2.57 bits per heavy atom. The van der Waals surface area contributed by atoms with E-state index in [1.165, 1.54) is 0 Å². The molecule has 0 aromatic heterocycles. The zero-order chi connectivity index (χ0) is 16.2. The molecule has 4 nitrogen and oxygen atoms in total. The SMILES string of the molecule is COc1c(Br)cc(Cl)cc1NC(=O)C(CN)CC(C)(C)C. The molecule has 0 aliphatic rings. The Morgan fingerprint density at radius 1 is 1.48 bits per heavy atom. The Labute approximate surface area is 139 Å². The predicted molar refractivity (Wildman–Crippen MR) is 91.0 cm³/mol. The summed E-state index contributed by atoms with van der Waals surface area (Å²) in [7, 11) is 1.54. The molecule has 21 heavy (non-hydrogen) atoms. The second-order valence-corrected chi connectivity index (χ2v) is 7.45. The zero-order valence-electron chi connectivity index (χ0n) is 12.8. The minimum Gasteiger partial charge on any atom is -0.493 e. The Hall–Kier alpha value is -0.780. The molecule has 6 heteroatoms. The van der Waals surface area contributed by atoms with Gasteiger partial charge in [0, 0.05) is 11.6 Å². The third-order valence-electron chi connectivity index (χ3n) is 2.98. The highest BCUT2D eigenvalue weighted by atomic mass is 79.9. The first-order valence-electron chi connectivity index (χ1n) is 6.72. The van der Waals surface area contributed by atoms with Crippen LogP contribution in [0.4, 0.5) is 5.69 Å². The van der Waals surface area contributed by atoms with E-state index in [9.17, 15) is 4.79 Å². The molecule has 1 atom stereocenters. The van der Waals surface area contributed by atoms with E-state index in [0.29, 0.717) is 33.9 Å². The zero-order valence-corrected chi connectivity index (χ0v) is 15.1. The first kappa shape index (κ1) is 18.3. The highest BCUT2D eigenvalue weighted by Gasteiger charge is 2.25. The molecule has 1 aromatic rings. The Kier molecular flexibility index (Phi) is 6.50. The molecular weight excluding hydrogens is 356 g/mol. The van der Waals surface area contributed by atoms with Gasteiger partial charge in [0.15, 0.2) is 5.75 Å². The number of nitrogens with one attached hydrogen (secondary N) is 1. The summed E-state index contributed by atoms with van der Waals surface area (Å²) < 4.78 is 5.98. The van der Waals surface area contributed by atoms with Gasteiger partial charge in [0.2, 0.25) is 5.91 Å². The summed E-state index contributed by atoms with van der Waals surface area (Å²) in [6.45, 7) is 6.55. The monoisotopic (exact) mass is 376 g/mol. The van der Waals surface area contributed by atoms with Gasteiger partial charge in [-0.2, -0.15) is 0 Å². The van der Waals surface area contributed by atoms with Crippen molar-refractivity contribution in [1.29, 1.82) is 0 Å². The van der Waals surface area contributed by atoms with Crippen LogP contribution in [0.1, 0.15) is 27.2 Å². The highest BCUT2D eigenvalue weighted by molar-refractivity contribution is 9.10. The minimum absolute atomic E-state index is 0.0282. The van der Waals surface area contributed by atoms with Crippen LogP contribution in [0.5, 0.6) is 5.75 Å². The average Bonchev–Trinajstić information content (AvgIpc) is 2.34. The van der Waals surface area contributed by atoms with Crippen LogP contribution in [0.2, 0.25) is 5.02 Å². The maximum atomic E-state index is 12.4. The number of methoxy groups -OCH3 is 1. The first-order valence-corrected chi connectivity index (χ1v) is 7.89. The van der Waals surface area contributed by atoms with Crippen molar-refractivity contribution in [3.8, 4) is 5.75 Å². The van der Waals surface area contributed by atoms with Crippen molar-refractivity contribution in [2.45, 2.75) is 27.2 Å². The summed E-state index contributed by atoms with van der Waals surface area (Å²) in [4.78, 5) is 12.4. The fourth-order valence-corrected chi connectivity index (χ4v) is 3.09. The van der Waals surface area contributed by atoms with Gasteiger partial charge in [-0.3, -0.25) is 4.79 Å². The molecule has 1 aromatic carbocycles. The quantitative estimate of drug-likeness (QED) is 0.813. The lowest BCUT2D eigenvalue weighted by molar-refractivity contribution is -0.120. The van der Waals surface area contributed by atoms with Gasteiger partial charge in [-0.15, -0.1) is 0 Å². The lowest BCUT2D eigenvalue weighted by Gasteiger charge is -2.24. The van der Waals surface area contributed by atoms with E-state index >= 15 is 0 Å². The smallest absolute Gasteiger partial charge is 0.228 e. The molecule has 0 fully saturated rings. The molecule has 0 saturated carbocycles. The van der Waals surface area contributed by atoms with Gasteiger partial charge in [0.05, 0.1) is 23.2 Å². The lowest BCUT2D eigenvalue weighted by atomic mass is 9.84. The molecule has 1 rings (SSSR count). The van der Waals surface area contributed by atoms with Gasteiger partial charge >= 0.3 is 0 Å². The molecule has 0 saturated heterocycles. The molecule has 3 N–H and O–H groups in total. The van der Waals surface area contributed by atoms with E-state index in [4.69, 9.17) is 22.1 Å². The van der Waals surface area contributed by atoms with Crippen molar-refractivity contribution in [3.63, 3.8) is 0 Å². The second-order valence-electron chi connectivity index (χ2n) is 6.16. The molecule has 0 aliphatic heterocycles. The number of nitrogens with two attached hydrogens (primary N) is 1. The van der Waals surface area contributed by atoms with E-state index in [1.807, 2.05) is 0 Å². The Morgan fingerprint density at radius 2 is 2.10 bits per heavy atom. The number of carbonyl (C=O) groups is 1. The van der Waals surface area contributed by atoms with E-state index in [-0.39, 0.29) is 17.2 Å². The number of ether oxygens (including phenoxy) is 1. The van der Waals surface area contributed by atoms with Gasteiger partial charge in [0.1, 0.15) is 0 Å². The van der Waals surface area contributed by atoms with Crippen molar-refractivity contribution in [3.05, 3.63) is 21.6 Å². The molecule has 0 radical (unpaired) electrons. The maximum Gasteiger partial charge on any atom is 0.228 e. The number of amides is 1. The average molecular weight is 378 g/mol. The number of rotatable bonds is 5. The fourth-order valence-electron chi connectivity index (χ4n) is 2.12.